The molecule has 2 aromatic carbocycles. The van der Waals surface area contributed by atoms with E-state index in [-0.39, 0.29) is 0 Å². The van der Waals surface area contributed by atoms with Gasteiger partial charge in [0.05, 0.1) is 6.20 Å². The van der Waals surface area contributed by atoms with Gasteiger partial charge in [-0.15, -0.1) is 5.10 Å². The quantitative estimate of drug-likeness (QED) is 0.728. The maximum Gasteiger partial charge on any atom is 0.251 e. The van der Waals surface area contributed by atoms with Crippen molar-refractivity contribution in [2.45, 2.75) is 13.8 Å². The van der Waals surface area contributed by atoms with Crippen molar-refractivity contribution in [2.75, 3.05) is 16.8 Å². The average Bonchev–Trinajstić information content (AvgIpc) is 2.60. The van der Waals surface area contributed by atoms with Gasteiger partial charge in [0, 0.05) is 22.9 Å². The zero-order valence-electron chi connectivity index (χ0n) is 13.6. The zero-order valence-corrected chi connectivity index (χ0v) is 14.3. The van der Waals surface area contributed by atoms with Crippen molar-refractivity contribution in [1.29, 1.82) is 0 Å². The van der Waals surface area contributed by atoms with Crippen LogP contribution in [0.5, 0.6) is 0 Å². The summed E-state index contributed by atoms with van der Waals surface area (Å²) in [5.41, 5.74) is 2.92. The molecule has 122 valence electrons. The molecule has 0 aliphatic carbocycles. The molecule has 0 amide bonds. The van der Waals surface area contributed by atoms with Crippen molar-refractivity contribution in [2.24, 2.45) is 0 Å². The Balaban J connectivity index is 1.86. The molecule has 0 saturated carbocycles. The minimum atomic E-state index is 0.548. The predicted octanol–water partition coefficient (Wildman–Crippen LogP) is 4.74. The van der Waals surface area contributed by atoms with Gasteiger partial charge in [-0.1, -0.05) is 35.9 Å². The number of benzene rings is 2. The Hall–Kier alpha value is -2.66. The fourth-order valence-electron chi connectivity index (χ4n) is 2.33. The molecule has 0 aliphatic rings. The minimum Gasteiger partial charge on any atom is -0.339 e. The molecule has 0 saturated heterocycles. The summed E-state index contributed by atoms with van der Waals surface area (Å²) in [4.78, 5) is 6.57. The SMILES string of the molecule is CCN(c1ccccc1)c1nncc(Nc2ccc(C)c(Cl)c2)n1. The molecule has 0 unspecified atom stereocenters. The van der Waals surface area contributed by atoms with Crippen LogP contribution in [0.1, 0.15) is 12.5 Å². The van der Waals surface area contributed by atoms with Gasteiger partial charge in [-0.25, -0.2) is 0 Å². The van der Waals surface area contributed by atoms with Gasteiger partial charge in [0.15, 0.2) is 5.82 Å². The molecule has 0 spiro atoms. The van der Waals surface area contributed by atoms with E-state index in [0.717, 1.165) is 23.5 Å². The van der Waals surface area contributed by atoms with Crippen molar-refractivity contribution in [1.82, 2.24) is 15.2 Å². The number of rotatable bonds is 5. The van der Waals surface area contributed by atoms with Crippen molar-refractivity contribution >= 4 is 34.7 Å². The first-order chi connectivity index (χ1) is 11.7. The number of hydrogen-bond donors (Lipinski definition) is 1. The van der Waals surface area contributed by atoms with Crippen LogP contribution in [0.15, 0.2) is 54.7 Å². The number of aryl methyl sites for hydroxylation is 1. The van der Waals surface area contributed by atoms with Gasteiger partial charge < -0.3 is 10.2 Å². The van der Waals surface area contributed by atoms with E-state index in [0.29, 0.717) is 16.8 Å². The van der Waals surface area contributed by atoms with E-state index in [4.69, 9.17) is 11.6 Å². The molecular formula is C18H18ClN5. The van der Waals surface area contributed by atoms with Crippen LogP contribution in [0.2, 0.25) is 5.02 Å². The number of anilines is 4. The highest BCUT2D eigenvalue weighted by molar-refractivity contribution is 6.31. The molecule has 0 radical (unpaired) electrons. The van der Waals surface area contributed by atoms with E-state index in [9.17, 15) is 0 Å². The topological polar surface area (TPSA) is 53.9 Å². The van der Waals surface area contributed by atoms with E-state index in [1.807, 2.05) is 60.4 Å². The maximum absolute atomic E-state index is 6.17. The predicted molar refractivity (Wildman–Crippen MR) is 98.4 cm³/mol. The number of aromatic nitrogens is 3. The van der Waals surface area contributed by atoms with E-state index in [1.165, 1.54) is 0 Å². The Kier molecular flexibility index (Phi) is 4.91. The van der Waals surface area contributed by atoms with Crippen LogP contribution >= 0.6 is 11.6 Å². The van der Waals surface area contributed by atoms with E-state index in [1.54, 1.807) is 6.20 Å². The fourth-order valence-corrected chi connectivity index (χ4v) is 2.52. The lowest BCUT2D eigenvalue weighted by molar-refractivity contribution is 0.887. The van der Waals surface area contributed by atoms with E-state index >= 15 is 0 Å². The first kappa shape index (κ1) is 16.2. The van der Waals surface area contributed by atoms with Crippen molar-refractivity contribution < 1.29 is 0 Å². The summed E-state index contributed by atoms with van der Waals surface area (Å²) in [6.07, 6.45) is 1.59. The highest BCUT2D eigenvalue weighted by Gasteiger charge is 2.11. The van der Waals surface area contributed by atoms with E-state index in [2.05, 4.69) is 27.4 Å². The smallest absolute Gasteiger partial charge is 0.251 e. The van der Waals surface area contributed by atoms with Crippen LogP contribution < -0.4 is 10.2 Å². The molecule has 3 rings (SSSR count). The lowest BCUT2D eigenvalue weighted by Crippen LogP contribution is -2.19. The summed E-state index contributed by atoms with van der Waals surface area (Å²) in [5, 5.41) is 12.2. The van der Waals surface area contributed by atoms with Crippen molar-refractivity contribution in [3.8, 4) is 0 Å². The fraction of sp³-hybridized carbons (Fsp3) is 0.167. The molecule has 1 heterocycles. The minimum absolute atomic E-state index is 0.548. The standard InChI is InChI=1S/C18H18ClN5/c1-3-24(15-7-5-4-6-8-15)18-22-17(12-20-23-18)21-14-10-9-13(2)16(19)11-14/h4-12H,3H2,1-2H3,(H,21,22,23). The summed E-state index contributed by atoms with van der Waals surface area (Å²) in [5.74, 6) is 1.17. The number of halogens is 1. The molecule has 0 fully saturated rings. The largest absolute Gasteiger partial charge is 0.339 e. The molecule has 24 heavy (non-hydrogen) atoms. The number of nitrogens with one attached hydrogen (secondary N) is 1. The number of nitrogens with zero attached hydrogens (tertiary/aromatic N) is 4. The van der Waals surface area contributed by atoms with Crippen LogP contribution in [0, 0.1) is 6.92 Å². The molecular weight excluding hydrogens is 322 g/mol. The van der Waals surface area contributed by atoms with Crippen LogP contribution in [-0.2, 0) is 0 Å². The first-order valence-electron chi connectivity index (χ1n) is 7.73. The van der Waals surface area contributed by atoms with Gasteiger partial charge >= 0.3 is 0 Å². The normalized spacial score (nSPS) is 10.5. The van der Waals surface area contributed by atoms with Crippen LogP contribution in [-0.4, -0.2) is 21.7 Å². The summed E-state index contributed by atoms with van der Waals surface area (Å²) < 4.78 is 0. The highest BCUT2D eigenvalue weighted by atomic mass is 35.5. The van der Waals surface area contributed by atoms with Crippen molar-refractivity contribution in [3.63, 3.8) is 0 Å². The second kappa shape index (κ2) is 7.27. The molecule has 3 aromatic rings. The second-order valence-corrected chi connectivity index (χ2v) is 5.72. The van der Waals surface area contributed by atoms with E-state index < -0.39 is 0 Å². The second-order valence-electron chi connectivity index (χ2n) is 5.31. The Morgan fingerprint density at radius 3 is 2.62 bits per heavy atom. The zero-order chi connectivity index (χ0) is 16.9. The summed E-state index contributed by atoms with van der Waals surface area (Å²) in [7, 11) is 0. The molecule has 1 aromatic heterocycles. The third kappa shape index (κ3) is 3.63. The Labute approximate surface area is 146 Å². The van der Waals surface area contributed by atoms with Gasteiger partial charge in [-0.2, -0.15) is 10.1 Å². The van der Waals surface area contributed by atoms with Crippen LogP contribution in [0.4, 0.5) is 23.1 Å². The van der Waals surface area contributed by atoms with Crippen LogP contribution in [0.25, 0.3) is 0 Å². The highest BCUT2D eigenvalue weighted by Crippen LogP contribution is 2.24. The third-order valence-electron chi connectivity index (χ3n) is 3.62. The lowest BCUT2D eigenvalue weighted by Gasteiger charge is -2.20. The molecule has 5 nitrogen and oxygen atoms in total. The summed E-state index contributed by atoms with van der Waals surface area (Å²) in [6.45, 7) is 4.76. The monoisotopic (exact) mass is 339 g/mol. The Morgan fingerprint density at radius 2 is 1.92 bits per heavy atom. The van der Waals surface area contributed by atoms with Gasteiger partial charge in [-0.05, 0) is 43.7 Å². The molecule has 0 aliphatic heterocycles. The summed E-state index contributed by atoms with van der Waals surface area (Å²) in [6, 6.07) is 15.8. The Morgan fingerprint density at radius 1 is 1.12 bits per heavy atom. The molecule has 0 atom stereocenters. The molecule has 1 N–H and O–H groups in total. The van der Waals surface area contributed by atoms with Gasteiger partial charge in [0.1, 0.15) is 0 Å². The maximum atomic E-state index is 6.17. The van der Waals surface area contributed by atoms with Gasteiger partial charge in [0.25, 0.3) is 5.95 Å². The van der Waals surface area contributed by atoms with Crippen molar-refractivity contribution in [3.05, 3.63) is 65.3 Å². The molecule has 6 heteroatoms. The third-order valence-corrected chi connectivity index (χ3v) is 4.02. The first-order valence-corrected chi connectivity index (χ1v) is 8.10. The summed E-state index contributed by atoms with van der Waals surface area (Å²) >= 11 is 6.17. The number of hydrogen-bond acceptors (Lipinski definition) is 5. The van der Waals surface area contributed by atoms with Gasteiger partial charge in [0.2, 0.25) is 0 Å². The Bertz CT molecular complexity index is 823. The lowest BCUT2D eigenvalue weighted by atomic mass is 10.2. The molecule has 0 bridgehead atoms. The average molecular weight is 340 g/mol. The van der Waals surface area contributed by atoms with Gasteiger partial charge in [-0.3, -0.25) is 0 Å². The van der Waals surface area contributed by atoms with Crippen LogP contribution in [0.3, 0.4) is 0 Å². The number of para-hydroxylation sites is 1.